The van der Waals surface area contributed by atoms with Crippen LogP contribution in [0.1, 0.15) is 29.5 Å². The first kappa shape index (κ1) is 11.9. The highest BCUT2D eigenvalue weighted by molar-refractivity contribution is 5.64. The number of pyridine rings is 1. The Morgan fingerprint density at radius 2 is 1.95 bits per heavy atom. The van der Waals surface area contributed by atoms with Gasteiger partial charge in [-0.3, -0.25) is 4.98 Å². The zero-order chi connectivity index (χ0) is 13.5. The maximum absolute atomic E-state index is 9.20. The highest BCUT2D eigenvalue weighted by atomic mass is 14.7. The first-order valence-corrected chi connectivity index (χ1v) is 6.60. The molecular formula is C17H16N2. The molecule has 0 saturated heterocycles. The minimum Gasteiger partial charge on any atom is -0.256 e. The molecule has 1 aromatic heterocycles. The molecular weight excluding hydrogens is 232 g/mol. The van der Waals surface area contributed by atoms with Gasteiger partial charge in [-0.1, -0.05) is 23.8 Å². The van der Waals surface area contributed by atoms with Gasteiger partial charge in [0, 0.05) is 11.8 Å². The van der Waals surface area contributed by atoms with E-state index < -0.39 is 0 Å². The van der Waals surface area contributed by atoms with Gasteiger partial charge in [-0.05, 0) is 49.9 Å². The smallest absolute Gasteiger partial charge is 0.0838 e. The van der Waals surface area contributed by atoms with E-state index in [9.17, 15) is 5.26 Å². The number of benzene rings is 1. The van der Waals surface area contributed by atoms with E-state index >= 15 is 0 Å². The predicted octanol–water partition coefficient (Wildman–Crippen LogP) is 3.92. The van der Waals surface area contributed by atoms with Crippen LogP contribution in [-0.4, -0.2) is 4.98 Å². The average Bonchev–Trinajstić information content (AvgIpc) is 3.23. The zero-order valence-corrected chi connectivity index (χ0v) is 11.3. The highest BCUT2D eigenvalue weighted by Gasteiger charge is 2.45. The van der Waals surface area contributed by atoms with Crippen molar-refractivity contribution < 1.29 is 0 Å². The molecule has 2 nitrogen and oxygen atoms in total. The summed E-state index contributed by atoms with van der Waals surface area (Å²) < 4.78 is 0. The third-order valence-electron chi connectivity index (χ3n) is 3.95. The second-order valence-corrected chi connectivity index (χ2v) is 5.44. The Balaban J connectivity index is 1.99. The standard InChI is InChI=1S/C17H16N2/c1-12-3-4-13(2)15(9-12)16-6-5-14(10-19-16)17(11-18)7-8-17/h3-6,9-10H,7-8H2,1-2H3. The van der Waals surface area contributed by atoms with Crippen molar-refractivity contribution in [2.45, 2.75) is 32.1 Å². The number of aryl methyl sites for hydroxylation is 2. The molecule has 0 aliphatic heterocycles. The number of aromatic nitrogens is 1. The fourth-order valence-corrected chi connectivity index (χ4v) is 2.44. The van der Waals surface area contributed by atoms with Crippen molar-refractivity contribution in [2.75, 3.05) is 0 Å². The van der Waals surface area contributed by atoms with Gasteiger partial charge in [0.1, 0.15) is 0 Å². The molecule has 1 fully saturated rings. The van der Waals surface area contributed by atoms with Crippen LogP contribution in [0, 0.1) is 25.2 Å². The van der Waals surface area contributed by atoms with Crippen LogP contribution in [0.5, 0.6) is 0 Å². The number of rotatable bonds is 2. The van der Waals surface area contributed by atoms with E-state index in [2.05, 4.69) is 49.2 Å². The van der Waals surface area contributed by atoms with E-state index in [0.717, 1.165) is 24.1 Å². The van der Waals surface area contributed by atoms with Crippen LogP contribution in [0.15, 0.2) is 36.5 Å². The van der Waals surface area contributed by atoms with E-state index in [4.69, 9.17) is 0 Å². The Kier molecular flexibility index (Phi) is 2.64. The van der Waals surface area contributed by atoms with Crippen LogP contribution in [0.2, 0.25) is 0 Å². The summed E-state index contributed by atoms with van der Waals surface area (Å²) in [4.78, 5) is 4.55. The predicted molar refractivity (Wildman–Crippen MR) is 75.7 cm³/mol. The fourth-order valence-electron chi connectivity index (χ4n) is 2.44. The summed E-state index contributed by atoms with van der Waals surface area (Å²) in [5, 5.41) is 9.20. The molecule has 1 aliphatic rings. The van der Waals surface area contributed by atoms with Crippen molar-refractivity contribution in [1.29, 1.82) is 5.26 Å². The lowest BCUT2D eigenvalue weighted by Crippen LogP contribution is -2.03. The van der Waals surface area contributed by atoms with E-state index in [1.54, 1.807) is 0 Å². The molecule has 1 aromatic carbocycles. The molecule has 0 spiro atoms. The molecule has 0 amide bonds. The third-order valence-corrected chi connectivity index (χ3v) is 3.95. The summed E-state index contributed by atoms with van der Waals surface area (Å²) in [6.07, 6.45) is 3.80. The van der Waals surface area contributed by atoms with Gasteiger partial charge < -0.3 is 0 Å². The normalized spacial score (nSPS) is 15.8. The maximum atomic E-state index is 9.20. The van der Waals surface area contributed by atoms with E-state index in [1.807, 2.05) is 12.3 Å². The monoisotopic (exact) mass is 248 g/mol. The topological polar surface area (TPSA) is 36.7 Å². The largest absolute Gasteiger partial charge is 0.256 e. The number of nitrogens with zero attached hydrogens (tertiary/aromatic N) is 2. The molecule has 1 heterocycles. The Hall–Kier alpha value is -2.14. The molecule has 1 aliphatic carbocycles. The zero-order valence-electron chi connectivity index (χ0n) is 11.3. The van der Waals surface area contributed by atoms with E-state index in [-0.39, 0.29) is 5.41 Å². The summed E-state index contributed by atoms with van der Waals surface area (Å²) >= 11 is 0. The molecule has 1 saturated carbocycles. The van der Waals surface area contributed by atoms with Crippen molar-refractivity contribution in [1.82, 2.24) is 4.98 Å². The van der Waals surface area contributed by atoms with E-state index in [0.29, 0.717) is 0 Å². The molecule has 19 heavy (non-hydrogen) atoms. The second-order valence-electron chi connectivity index (χ2n) is 5.44. The molecule has 0 radical (unpaired) electrons. The Bertz CT molecular complexity index is 659. The van der Waals surface area contributed by atoms with Crippen LogP contribution >= 0.6 is 0 Å². The minimum absolute atomic E-state index is 0.243. The Morgan fingerprint density at radius 3 is 2.53 bits per heavy atom. The fraction of sp³-hybridized carbons (Fsp3) is 0.294. The summed E-state index contributed by atoms with van der Waals surface area (Å²) in [6, 6.07) is 12.9. The van der Waals surface area contributed by atoms with Gasteiger partial charge in [-0.2, -0.15) is 5.26 Å². The summed E-state index contributed by atoms with van der Waals surface area (Å²) in [7, 11) is 0. The lowest BCUT2D eigenvalue weighted by molar-refractivity contribution is 0.898. The van der Waals surface area contributed by atoms with Gasteiger partial charge in [0.05, 0.1) is 17.2 Å². The summed E-state index contributed by atoms with van der Waals surface area (Å²) in [5.74, 6) is 0. The number of hydrogen-bond acceptors (Lipinski definition) is 2. The van der Waals surface area contributed by atoms with Gasteiger partial charge in [0.15, 0.2) is 0 Å². The molecule has 2 aromatic rings. The first-order valence-electron chi connectivity index (χ1n) is 6.60. The highest BCUT2D eigenvalue weighted by Crippen LogP contribution is 2.47. The van der Waals surface area contributed by atoms with Crippen LogP contribution in [-0.2, 0) is 5.41 Å². The molecule has 0 unspecified atom stereocenters. The number of nitriles is 1. The second kappa shape index (κ2) is 4.20. The van der Waals surface area contributed by atoms with E-state index in [1.165, 1.54) is 16.7 Å². The average molecular weight is 248 g/mol. The minimum atomic E-state index is -0.243. The van der Waals surface area contributed by atoms with Crippen molar-refractivity contribution in [3.63, 3.8) is 0 Å². The molecule has 0 atom stereocenters. The van der Waals surface area contributed by atoms with Crippen LogP contribution in [0.3, 0.4) is 0 Å². The van der Waals surface area contributed by atoms with Crippen LogP contribution < -0.4 is 0 Å². The Morgan fingerprint density at radius 1 is 1.16 bits per heavy atom. The lowest BCUT2D eigenvalue weighted by atomic mass is 9.97. The van der Waals surface area contributed by atoms with Gasteiger partial charge in [-0.25, -0.2) is 0 Å². The molecule has 3 rings (SSSR count). The van der Waals surface area contributed by atoms with Gasteiger partial charge in [0.2, 0.25) is 0 Å². The van der Waals surface area contributed by atoms with Crippen molar-refractivity contribution >= 4 is 0 Å². The Labute approximate surface area is 113 Å². The van der Waals surface area contributed by atoms with Crippen molar-refractivity contribution in [3.05, 3.63) is 53.2 Å². The molecule has 0 bridgehead atoms. The van der Waals surface area contributed by atoms with Gasteiger partial charge in [-0.15, -0.1) is 0 Å². The van der Waals surface area contributed by atoms with Crippen LogP contribution in [0.4, 0.5) is 0 Å². The SMILES string of the molecule is Cc1ccc(C)c(-c2ccc(C3(C#N)CC3)cn2)c1. The number of hydrogen-bond donors (Lipinski definition) is 0. The maximum Gasteiger partial charge on any atom is 0.0838 e. The quantitative estimate of drug-likeness (QED) is 0.807. The first-order chi connectivity index (χ1) is 9.14. The van der Waals surface area contributed by atoms with Crippen molar-refractivity contribution in [2.24, 2.45) is 0 Å². The molecule has 0 N–H and O–H groups in total. The van der Waals surface area contributed by atoms with Crippen LogP contribution in [0.25, 0.3) is 11.3 Å². The van der Waals surface area contributed by atoms with Gasteiger partial charge in [0.25, 0.3) is 0 Å². The molecule has 2 heteroatoms. The van der Waals surface area contributed by atoms with Crippen molar-refractivity contribution in [3.8, 4) is 17.3 Å². The third kappa shape index (κ3) is 2.02. The molecule has 94 valence electrons. The summed E-state index contributed by atoms with van der Waals surface area (Å²) in [6.45, 7) is 4.19. The van der Waals surface area contributed by atoms with Gasteiger partial charge >= 0.3 is 0 Å². The lowest BCUT2D eigenvalue weighted by Gasteiger charge is -2.09. The summed E-state index contributed by atoms with van der Waals surface area (Å²) in [5.41, 5.74) is 5.44.